The molecule has 8 heteroatoms. The summed E-state index contributed by atoms with van der Waals surface area (Å²) in [6.45, 7) is 4.58. The number of oxime groups is 1. The molecule has 0 aliphatic carbocycles. The molecule has 0 aliphatic rings. The topological polar surface area (TPSA) is 38.7 Å². The van der Waals surface area contributed by atoms with Gasteiger partial charge in [0.05, 0.1) is 5.56 Å². The predicted octanol–water partition coefficient (Wildman–Crippen LogP) is 4.25. The summed E-state index contributed by atoms with van der Waals surface area (Å²) in [5.74, 6) is -11.8. The first-order chi connectivity index (χ1) is 11.8. The summed E-state index contributed by atoms with van der Waals surface area (Å²) < 4.78 is 68.3. The van der Waals surface area contributed by atoms with E-state index in [1.807, 2.05) is 0 Å². The molecule has 0 amide bonds. The van der Waals surface area contributed by atoms with E-state index >= 15 is 0 Å². The summed E-state index contributed by atoms with van der Waals surface area (Å²) in [6.07, 6.45) is 0. The summed E-state index contributed by atoms with van der Waals surface area (Å²) in [5, 5.41) is 3.29. The van der Waals surface area contributed by atoms with Gasteiger partial charge in [-0.05, 0) is 6.92 Å². The molecule has 0 spiro atoms. The summed E-state index contributed by atoms with van der Waals surface area (Å²) in [5.41, 5.74) is -2.14. The minimum atomic E-state index is -2.30. The van der Waals surface area contributed by atoms with Gasteiger partial charge in [-0.3, -0.25) is 0 Å². The highest BCUT2D eigenvalue weighted by Gasteiger charge is 2.29. The smallest absolute Gasteiger partial charge is 0.313 e. The second kappa shape index (κ2) is 7.25. The second-order valence-corrected chi connectivity index (χ2v) is 4.91. The number of rotatable bonds is 4. The number of carbonyl (C=O) groups is 1. The molecule has 2 rings (SSSR count). The number of carbonyl (C=O) groups excluding carboxylic acids is 1. The zero-order chi connectivity index (χ0) is 18.7. The lowest BCUT2D eigenvalue weighted by molar-refractivity contribution is -0.138. The van der Waals surface area contributed by atoms with E-state index in [1.54, 1.807) is 6.07 Å². The Morgan fingerprint density at radius 2 is 1.40 bits per heavy atom. The number of hydrogen-bond donors (Lipinski definition) is 0. The van der Waals surface area contributed by atoms with Crippen LogP contribution in [-0.2, 0) is 9.63 Å². The number of hydrogen-bond acceptors (Lipinski definition) is 3. The Balaban J connectivity index is 2.72. The third-order valence-corrected chi connectivity index (χ3v) is 3.06. The van der Waals surface area contributed by atoms with Crippen LogP contribution in [0.15, 0.2) is 47.6 Å². The zero-order valence-electron chi connectivity index (χ0n) is 12.7. The maximum atomic E-state index is 14.1. The largest absolute Gasteiger partial charge is 0.360 e. The monoisotopic (exact) mass is 355 g/mol. The van der Waals surface area contributed by atoms with Crippen molar-refractivity contribution >= 4 is 11.7 Å². The van der Waals surface area contributed by atoms with Crippen LogP contribution in [0.1, 0.15) is 18.1 Å². The highest BCUT2D eigenvalue weighted by Crippen LogP contribution is 2.26. The van der Waals surface area contributed by atoms with Crippen molar-refractivity contribution < 1.29 is 31.6 Å². The fourth-order valence-corrected chi connectivity index (χ4v) is 1.82. The minimum Gasteiger partial charge on any atom is -0.313 e. The van der Waals surface area contributed by atoms with Gasteiger partial charge in [-0.15, -0.1) is 0 Å². The Labute approximate surface area is 139 Å². The molecular formula is C17H10F5NO2. The van der Waals surface area contributed by atoms with Gasteiger partial charge in [-0.25, -0.2) is 26.7 Å². The van der Waals surface area contributed by atoms with Crippen molar-refractivity contribution in [3.05, 3.63) is 82.7 Å². The van der Waals surface area contributed by atoms with Crippen LogP contribution in [0.25, 0.3) is 0 Å². The van der Waals surface area contributed by atoms with E-state index in [9.17, 15) is 26.7 Å². The quantitative estimate of drug-likeness (QED) is 0.156. The zero-order valence-corrected chi connectivity index (χ0v) is 12.7. The van der Waals surface area contributed by atoms with Crippen LogP contribution in [-0.4, -0.2) is 11.7 Å². The first-order valence-corrected chi connectivity index (χ1v) is 6.77. The molecule has 0 heterocycles. The van der Waals surface area contributed by atoms with Gasteiger partial charge in [0.15, 0.2) is 23.3 Å². The van der Waals surface area contributed by atoms with Crippen LogP contribution in [0, 0.1) is 29.1 Å². The van der Waals surface area contributed by atoms with E-state index < -0.39 is 46.3 Å². The molecule has 0 aliphatic heterocycles. The van der Waals surface area contributed by atoms with Gasteiger partial charge in [0, 0.05) is 11.1 Å². The molecule has 0 N–H and O–H groups in total. The van der Waals surface area contributed by atoms with Gasteiger partial charge < -0.3 is 4.84 Å². The fourth-order valence-electron chi connectivity index (χ4n) is 1.82. The Morgan fingerprint density at radius 3 is 1.88 bits per heavy atom. The molecule has 130 valence electrons. The highest BCUT2D eigenvalue weighted by atomic mass is 19.2. The average Bonchev–Trinajstić information content (AvgIpc) is 2.61. The molecule has 0 saturated heterocycles. The molecule has 2 aromatic carbocycles. The molecule has 0 radical (unpaired) electrons. The second-order valence-electron chi connectivity index (χ2n) is 4.91. The maximum Gasteiger partial charge on any atom is 0.360 e. The number of benzene rings is 2. The van der Waals surface area contributed by atoms with Gasteiger partial charge in [0.25, 0.3) is 0 Å². The third-order valence-electron chi connectivity index (χ3n) is 3.06. The van der Waals surface area contributed by atoms with Crippen molar-refractivity contribution in [3.63, 3.8) is 0 Å². The van der Waals surface area contributed by atoms with Crippen LogP contribution in [0.2, 0.25) is 0 Å². The van der Waals surface area contributed by atoms with E-state index in [2.05, 4.69) is 16.6 Å². The van der Waals surface area contributed by atoms with Crippen molar-refractivity contribution in [2.24, 2.45) is 5.16 Å². The Hall–Kier alpha value is -3.03. The van der Waals surface area contributed by atoms with Gasteiger partial charge in [-0.2, -0.15) is 0 Å². The van der Waals surface area contributed by atoms with Crippen molar-refractivity contribution in [1.29, 1.82) is 0 Å². The maximum absolute atomic E-state index is 14.1. The number of halogens is 5. The first-order valence-electron chi connectivity index (χ1n) is 6.77. The van der Waals surface area contributed by atoms with Gasteiger partial charge >= 0.3 is 5.97 Å². The molecule has 3 nitrogen and oxygen atoms in total. The molecule has 0 atom stereocenters. The third kappa shape index (κ3) is 3.57. The van der Waals surface area contributed by atoms with Crippen molar-refractivity contribution in [2.75, 3.05) is 0 Å². The summed E-state index contributed by atoms with van der Waals surface area (Å²) in [6, 6.07) is 7.03. The highest BCUT2D eigenvalue weighted by molar-refractivity contribution is 6.13. The summed E-state index contributed by atoms with van der Waals surface area (Å²) in [7, 11) is 0. The summed E-state index contributed by atoms with van der Waals surface area (Å²) in [4.78, 5) is 15.9. The summed E-state index contributed by atoms with van der Waals surface area (Å²) >= 11 is 0. The minimum absolute atomic E-state index is 0.0276. The van der Waals surface area contributed by atoms with E-state index in [0.717, 1.165) is 0 Å². The Morgan fingerprint density at radius 1 is 0.920 bits per heavy atom. The molecule has 0 saturated carbocycles. The van der Waals surface area contributed by atoms with E-state index in [-0.39, 0.29) is 11.1 Å². The van der Waals surface area contributed by atoms with E-state index in [1.165, 1.54) is 31.2 Å². The van der Waals surface area contributed by atoms with Gasteiger partial charge in [0.2, 0.25) is 5.82 Å². The van der Waals surface area contributed by atoms with Crippen LogP contribution < -0.4 is 0 Å². The molecule has 0 unspecified atom stereocenters. The molecule has 2 aromatic rings. The molecule has 0 fully saturated rings. The molecule has 0 bridgehead atoms. The van der Waals surface area contributed by atoms with Gasteiger partial charge in [-0.1, -0.05) is 42.1 Å². The van der Waals surface area contributed by atoms with E-state index in [0.29, 0.717) is 0 Å². The van der Waals surface area contributed by atoms with Gasteiger partial charge in [0.1, 0.15) is 5.71 Å². The lowest BCUT2D eigenvalue weighted by Crippen LogP contribution is -2.16. The van der Waals surface area contributed by atoms with Crippen molar-refractivity contribution in [3.8, 4) is 0 Å². The normalized spacial score (nSPS) is 11.4. The Bertz CT molecular complexity index is 849. The SMILES string of the molecule is C=C(C)C(=O)O/N=C(\c1ccccc1)c1c(F)c(F)c(F)c(F)c1F. The lowest BCUT2D eigenvalue weighted by Gasteiger charge is -2.11. The van der Waals surface area contributed by atoms with Crippen molar-refractivity contribution in [1.82, 2.24) is 0 Å². The van der Waals surface area contributed by atoms with Crippen LogP contribution >= 0.6 is 0 Å². The Kier molecular flexibility index (Phi) is 5.31. The van der Waals surface area contributed by atoms with Crippen LogP contribution in [0.5, 0.6) is 0 Å². The standard InChI is InChI=1S/C17H10F5NO2/c1-8(2)17(24)25-23-16(9-6-4-3-5-7-9)10-11(18)13(20)15(22)14(21)12(10)19/h3-7H,1H2,2H3/b23-16+. The van der Waals surface area contributed by atoms with E-state index in [4.69, 9.17) is 0 Å². The molecular weight excluding hydrogens is 345 g/mol. The lowest BCUT2D eigenvalue weighted by atomic mass is 10.0. The average molecular weight is 355 g/mol. The first kappa shape index (κ1) is 18.3. The molecule has 25 heavy (non-hydrogen) atoms. The van der Waals surface area contributed by atoms with Crippen molar-refractivity contribution in [2.45, 2.75) is 6.92 Å². The van der Waals surface area contributed by atoms with Crippen LogP contribution in [0.3, 0.4) is 0 Å². The predicted molar refractivity (Wildman–Crippen MR) is 79.2 cm³/mol. The number of nitrogens with zero attached hydrogens (tertiary/aromatic N) is 1. The van der Waals surface area contributed by atoms with Crippen LogP contribution in [0.4, 0.5) is 22.0 Å². The fraction of sp³-hybridized carbons (Fsp3) is 0.0588. The molecule has 0 aromatic heterocycles.